The Hall–Kier alpha value is -0.650. The average molecular weight is 240 g/mol. The zero-order valence-electron chi connectivity index (χ0n) is 10.7. The molecule has 1 unspecified atom stereocenters. The lowest BCUT2D eigenvalue weighted by atomic mass is 10.1. The number of nitrogens with zero attached hydrogens (tertiary/aromatic N) is 2. The molecule has 17 heavy (non-hydrogen) atoms. The largest absolute Gasteiger partial charge is 0.339 e. The number of nitrogens with one attached hydrogen (secondary N) is 2. The summed E-state index contributed by atoms with van der Waals surface area (Å²) >= 11 is 0. The molecule has 5 nitrogen and oxygen atoms in total. The van der Waals surface area contributed by atoms with E-state index in [4.69, 9.17) is 0 Å². The fourth-order valence-electron chi connectivity index (χ4n) is 2.68. The standard InChI is InChI=1S/C12H24N4O/c1-2-11(15-7-3-13-4-8-15)12(17)16-9-5-14-6-10-16/h11,13-14H,2-10H2,1H3. The van der Waals surface area contributed by atoms with Gasteiger partial charge in [0.05, 0.1) is 6.04 Å². The molecular formula is C12H24N4O. The minimum atomic E-state index is 0.0928. The smallest absolute Gasteiger partial charge is 0.240 e. The second-order valence-corrected chi connectivity index (χ2v) is 4.79. The van der Waals surface area contributed by atoms with Crippen LogP contribution in [0.2, 0.25) is 0 Å². The SMILES string of the molecule is CCC(C(=O)N1CCNCC1)N1CCNCC1. The quantitative estimate of drug-likeness (QED) is 0.671. The molecule has 2 rings (SSSR count). The van der Waals surface area contributed by atoms with Gasteiger partial charge in [0.1, 0.15) is 0 Å². The van der Waals surface area contributed by atoms with Gasteiger partial charge in [-0.2, -0.15) is 0 Å². The summed E-state index contributed by atoms with van der Waals surface area (Å²) in [6.07, 6.45) is 0.919. The van der Waals surface area contributed by atoms with Gasteiger partial charge in [-0.15, -0.1) is 0 Å². The molecule has 0 spiro atoms. The highest BCUT2D eigenvalue weighted by molar-refractivity contribution is 5.82. The number of rotatable bonds is 3. The molecule has 2 aliphatic rings. The van der Waals surface area contributed by atoms with Crippen LogP contribution in [0.1, 0.15) is 13.3 Å². The van der Waals surface area contributed by atoms with Crippen LogP contribution in [0.5, 0.6) is 0 Å². The van der Waals surface area contributed by atoms with Crippen LogP contribution in [0.25, 0.3) is 0 Å². The van der Waals surface area contributed by atoms with Crippen molar-refractivity contribution in [3.63, 3.8) is 0 Å². The first-order valence-corrected chi connectivity index (χ1v) is 6.77. The summed E-state index contributed by atoms with van der Waals surface area (Å²) in [7, 11) is 0. The van der Waals surface area contributed by atoms with Gasteiger partial charge >= 0.3 is 0 Å². The highest BCUT2D eigenvalue weighted by Gasteiger charge is 2.29. The molecule has 0 aromatic heterocycles. The molecule has 0 radical (unpaired) electrons. The average Bonchev–Trinajstić information content (AvgIpc) is 2.42. The maximum Gasteiger partial charge on any atom is 0.240 e. The molecule has 98 valence electrons. The van der Waals surface area contributed by atoms with Gasteiger partial charge in [0.25, 0.3) is 0 Å². The molecule has 2 saturated heterocycles. The van der Waals surface area contributed by atoms with Gasteiger partial charge in [-0.25, -0.2) is 0 Å². The summed E-state index contributed by atoms with van der Waals surface area (Å²) in [5, 5.41) is 6.62. The minimum absolute atomic E-state index is 0.0928. The van der Waals surface area contributed by atoms with Crippen LogP contribution in [0.3, 0.4) is 0 Å². The molecule has 0 aliphatic carbocycles. The van der Waals surface area contributed by atoms with Gasteiger partial charge in [-0.1, -0.05) is 6.92 Å². The van der Waals surface area contributed by atoms with Crippen molar-refractivity contribution < 1.29 is 4.79 Å². The molecule has 1 amide bonds. The number of hydrogen-bond acceptors (Lipinski definition) is 4. The fourth-order valence-corrected chi connectivity index (χ4v) is 2.68. The molecule has 0 aromatic rings. The van der Waals surface area contributed by atoms with E-state index in [1.165, 1.54) is 0 Å². The molecule has 0 aromatic carbocycles. The summed E-state index contributed by atoms with van der Waals surface area (Å²) in [5.74, 6) is 0.330. The zero-order valence-corrected chi connectivity index (χ0v) is 10.7. The van der Waals surface area contributed by atoms with Crippen molar-refractivity contribution in [2.24, 2.45) is 0 Å². The molecule has 2 N–H and O–H groups in total. The predicted octanol–water partition coefficient (Wildman–Crippen LogP) is -0.898. The Morgan fingerprint density at radius 2 is 1.59 bits per heavy atom. The van der Waals surface area contributed by atoms with E-state index < -0.39 is 0 Å². The van der Waals surface area contributed by atoms with E-state index in [-0.39, 0.29) is 6.04 Å². The Morgan fingerprint density at radius 1 is 1.06 bits per heavy atom. The molecule has 0 saturated carbocycles. The van der Waals surface area contributed by atoms with E-state index >= 15 is 0 Å². The van der Waals surface area contributed by atoms with E-state index in [2.05, 4.69) is 22.5 Å². The van der Waals surface area contributed by atoms with Crippen LogP contribution < -0.4 is 10.6 Å². The maximum absolute atomic E-state index is 12.5. The highest BCUT2D eigenvalue weighted by Crippen LogP contribution is 2.10. The van der Waals surface area contributed by atoms with Crippen molar-refractivity contribution in [3.05, 3.63) is 0 Å². The van der Waals surface area contributed by atoms with E-state index in [0.717, 1.165) is 58.8 Å². The summed E-state index contributed by atoms with van der Waals surface area (Å²) < 4.78 is 0. The Balaban J connectivity index is 1.93. The van der Waals surface area contributed by atoms with Gasteiger partial charge in [0.2, 0.25) is 5.91 Å². The van der Waals surface area contributed by atoms with Crippen molar-refractivity contribution >= 4 is 5.91 Å². The molecular weight excluding hydrogens is 216 g/mol. The molecule has 2 heterocycles. The van der Waals surface area contributed by atoms with Gasteiger partial charge in [-0.3, -0.25) is 9.69 Å². The number of carbonyl (C=O) groups excluding carboxylic acids is 1. The second kappa shape index (κ2) is 6.33. The summed E-state index contributed by atoms with van der Waals surface area (Å²) in [6, 6.07) is 0.0928. The second-order valence-electron chi connectivity index (χ2n) is 4.79. The van der Waals surface area contributed by atoms with E-state index in [1.807, 2.05) is 4.90 Å². The van der Waals surface area contributed by atoms with Crippen LogP contribution in [0.4, 0.5) is 0 Å². The Bertz CT molecular complexity index is 247. The first-order chi connectivity index (χ1) is 8.33. The minimum Gasteiger partial charge on any atom is -0.339 e. The molecule has 2 fully saturated rings. The molecule has 5 heteroatoms. The molecule has 0 bridgehead atoms. The van der Waals surface area contributed by atoms with Gasteiger partial charge in [-0.05, 0) is 6.42 Å². The van der Waals surface area contributed by atoms with Crippen molar-refractivity contribution in [2.75, 3.05) is 52.4 Å². The van der Waals surface area contributed by atoms with Crippen LogP contribution in [-0.2, 0) is 4.79 Å². The lowest BCUT2D eigenvalue weighted by Gasteiger charge is -2.37. The Labute approximate surface area is 104 Å². The monoisotopic (exact) mass is 240 g/mol. The van der Waals surface area contributed by atoms with Gasteiger partial charge in [0, 0.05) is 52.4 Å². The Kier molecular flexibility index (Phi) is 4.76. The van der Waals surface area contributed by atoms with Crippen molar-refractivity contribution in [1.82, 2.24) is 20.4 Å². The van der Waals surface area contributed by atoms with Crippen molar-refractivity contribution in [3.8, 4) is 0 Å². The van der Waals surface area contributed by atoms with E-state index in [1.54, 1.807) is 0 Å². The Morgan fingerprint density at radius 3 is 2.12 bits per heavy atom. The molecule has 2 aliphatic heterocycles. The summed E-state index contributed by atoms with van der Waals surface area (Å²) in [5.41, 5.74) is 0. The number of carbonyl (C=O) groups is 1. The van der Waals surface area contributed by atoms with Crippen LogP contribution in [-0.4, -0.2) is 74.1 Å². The number of hydrogen-bond donors (Lipinski definition) is 2. The topological polar surface area (TPSA) is 47.6 Å². The van der Waals surface area contributed by atoms with E-state index in [9.17, 15) is 4.79 Å². The van der Waals surface area contributed by atoms with Gasteiger partial charge in [0.15, 0.2) is 0 Å². The molecule has 1 atom stereocenters. The van der Waals surface area contributed by atoms with Crippen molar-refractivity contribution in [2.45, 2.75) is 19.4 Å². The predicted molar refractivity (Wildman–Crippen MR) is 68.0 cm³/mol. The van der Waals surface area contributed by atoms with E-state index in [0.29, 0.717) is 5.91 Å². The lowest BCUT2D eigenvalue weighted by Crippen LogP contribution is -2.57. The third-order valence-electron chi connectivity index (χ3n) is 3.69. The van der Waals surface area contributed by atoms with Crippen LogP contribution in [0, 0.1) is 0 Å². The first kappa shape index (κ1) is 12.8. The third kappa shape index (κ3) is 3.18. The number of amides is 1. The highest BCUT2D eigenvalue weighted by atomic mass is 16.2. The first-order valence-electron chi connectivity index (χ1n) is 6.77. The van der Waals surface area contributed by atoms with Crippen LogP contribution >= 0.6 is 0 Å². The van der Waals surface area contributed by atoms with Crippen LogP contribution in [0.15, 0.2) is 0 Å². The lowest BCUT2D eigenvalue weighted by molar-refractivity contribution is -0.138. The summed E-state index contributed by atoms with van der Waals surface area (Å²) in [6.45, 7) is 9.71. The zero-order chi connectivity index (χ0) is 12.1. The third-order valence-corrected chi connectivity index (χ3v) is 3.69. The summed E-state index contributed by atoms with van der Waals surface area (Å²) in [4.78, 5) is 16.8. The number of piperazine rings is 2. The maximum atomic E-state index is 12.5. The normalized spacial score (nSPS) is 24.6. The van der Waals surface area contributed by atoms with Crippen molar-refractivity contribution in [1.29, 1.82) is 0 Å². The van der Waals surface area contributed by atoms with Gasteiger partial charge < -0.3 is 15.5 Å². The fraction of sp³-hybridized carbons (Fsp3) is 0.917.